The van der Waals surface area contributed by atoms with Crippen LogP contribution in [-0.4, -0.2) is 19.1 Å². The number of likely N-dealkylation sites (N-methyl/N-ethyl adjacent to an activating group) is 1. The van der Waals surface area contributed by atoms with Gasteiger partial charge < -0.3 is 4.90 Å². The number of halogens is 4. The van der Waals surface area contributed by atoms with E-state index in [4.69, 9.17) is 0 Å². The number of rotatable bonds is 2. The maximum atomic E-state index is 12.3. The van der Waals surface area contributed by atoms with E-state index in [1.807, 2.05) is 22.6 Å². The Morgan fingerprint density at radius 1 is 1.35 bits per heavy atom. The van der Waals surface area contributed by atoms with Gasteiger partial charge >= 0.3 is 6.18 Å². The summed E-state index contributed by atoms with van der Waals surface area (Å²) in [4.78, 5) is 12.5. The smallest absolute Gasteiger partial charge is 0.310 e. The largest absolute Gasteiger partial charge is 0.421 e. The molecule has 0 aliphatic carbocycles. The highest BCUT2D eigenvalue weighted by Crippen LogP contribution is 2.28. The maximum Gasteiger partial charge on any atom is 0.421 e. The van der Waals surface area contributed by atoms with E-state index in [0.29, 0.717) is 9.26 Å². The van der Waals surface area contributed by atoms with E-state index < -0.39 is 17.7 Å². The molecule has 0 heterocycles. The highest BCUT2D eigenvalue weighted by molar-refractivity contribution is 14.1. The number of anilines is 1. The number of para-hydroxylation sites is 1. The topological polar surface area (TPSA) is 20.3 Å². The van der Waals surface area contributed by atoms with Crippen LogP contribution in [0.3, 0.4) is 0 Å². The molecule has 0 unspecified atom stereocenters. The number of hydrogen-bond donors (Lipinski definition) is 0. The summed E-state index contributed by atoms with van der Waals surface area (Å²) < 4.78 is 37.7. The van der Waals surface area contributed by atoms with Gasteiger partial charge in [-0.15, -0.1) is 0 Å². The second-order valence-electron chi connectivity index (χ2n) is 3.29. The van der Waals surface area contributed by atoms with Gasteiger partial charge in [-0.25, -0.2) is 0 Å². The summed E-state index contributed by atoms with van der Waals surface area (Å²) in [6.07, 6.45) is -4.70. The number of alkyl halides is 3. The van der Waals surface area contributed by atoms with Crippen molar-refractivity contribution in [1.82, 2.24) is 0 Å². The van der Waals surface area contributed by atoms with Gasteiger partial charge in [0.2, 0.25) is 0 Å². The van der Waals surface area contributed by atoms with Crippen molar-refractivity contribution in [3.8, 4) is 0 Å². The van der Waals surface area contributed by atoms with Crippen LogP contribution in [0.2, 0.25) is 0 Å². The lowest BCUT2D eigenvalue weighted by atomic mass is 10.2. The molecule has 1 amide bonds. The van der Waals surface area contributed by atoms with Crippen molar-refractivity contribution in [2.75, 3.05) is 11.9 Å². The highest BCUT2D eigenvalue weighted by Gasteiger charge is 2.38. The molecule has 0 aliphatic heterocycles. The molecule has 1 aromatic carbocycles. The minimum atomic E-state index is -4.70. The lowest BCUT2D eigenvalue weighted by molar-refractivity contribution is -0.128. The van der Waals surface area contributed by atoms with Crippen molar-refractivity contribution in [2.24, 2.45) is 0 Å². The van der Waals surface area contributed by atoms with Gasteiger partial charge in [0.1, 0.15) is 5.57 Å². The van der Waals surface area contributed by atoms with Crippen LogP contribution in [0.4, 0.5) is 18.9 Å². The number of amides is 1. The molecule has 0 atom stereocenters. The Kier molecular flexibility index (Phi) is 4.18. The third kappa shape index (κ3) is 3.21. The molecular formula is C11H9F3INO. The summed E-state index contributed by atoms with van der Waals surface area (Å²) in [5.74, 6) is -1.15. The summed E-state index contributed by atoms with van der Waals surface area (Å²) in [6.45, 7) is 2.78. The summed E-state index contributed by atoms with van der Waals surface area (Å²) in [7, 11) is 1.29. The van der Waals surface area contributed by atoms with Crippen molar-refractivity contribution < 1.29 is 18.0 Å². The van der Waals surface area contributed by atoms with Gasteiger partial charge in [0.05, 0.1) is 5.69 Å². The fourth-order valence-electron chi connectivity index (χ4n) is 1.16. The predicted molar refractivity (Wildman–Crippen MR) is 67.8 cm³/mol. The van der Waals surface area contributed by atoms with Crippen LogP contribution in [0, 0.1) is 3.57 Å². The van der Waals surface area contributed by atoms with E-state index in [9.17, 15) is 18.0 Å². The van der Waals surface area contributed by atoms with Gasteiger partial charge in [0, 0.05) is 10.6 Å². The zero-order chi connectivity index (χ0) is 13.2. The van der Waals surface area contributed by atoms with E-state index in [-0.39, 0.29) is 0 Å². The van der Waals surface area contributed by atoms with Crippen LogP contribution < -0.4 is 4.90 Å². The SMILES string of the molecule is C=C(C(=O)N(C)c1ccccc1I)C(F)(F)F. The maximum absolute atomic E-state index is 12.3. The predicted octanol–water partition coefficient (Wildman–Crippen LogP) is 3.37. The van der Waals surface area contributed by atoms with Gasteiger partial charge in [0.25, 0.3) is 5.91 Å². The monoisotopic (exact) mass is 355 g/mol. The van der Waals surface area contributed by atoms with Crippen LogP contribution in [0.25, 0.3) is 0 Å². The fraction of sp³-hybridized carbons (Fsp3) is 0.182. The molecule has 0 saturated carbocycles. The van der Waals surface area contributed by atoms with Crippen LogP contribution in [0.1, 0.15) is 0 Å². The van der Waals surface area contributed by atoms with Gasteiger partial charge in [-0.1, -0.05) is 18.7 Å². The Bertz CT molecular complexity index is 456. The summed E-state index contributed by atoms with van der Waals surface area (Å²) in [6, 6.07) is 6.67. The molecule has 0 aromatic heterocycles. The van der Waals surface area contributed by atoms with Gasteiger partial charge in [-0.2, -0.15) is 13.2 Å². The molecule has 0 N–H and O–H groups in total. The Balaban J connectivity index is 3.00. The minimum absolute atomic E-state index is 0.420. The van der Waals surface area contributed by atoms with Gasteiger partial charge in [0.15, 0.2) is 0 Å². The molecule has 0 bridgehead atoms. The summed E-state index contributed by atoms with van der Waals surface area (Å²) >= 11 is 1.95. The molecule has 0 saturated heterocycles. The van der Waals surface area contributed by atoms with Crippen molar-refractivity contribution in [2.45, 2.75) is 6.18 Å². The number of nitrogens with zero attached hydrogens (tertiary/aromatic N) is 1. The molecule has 6 heteroatoms. The second kappa shape index (κ2) is 5.07. The molecule has 92 valence electrons. The van der Waals surface area contributed by atoms with Crippen LogP contribution in [0.15, 0.2) is 36.4 Å². The molecular weight excluding hydrogens is 346 g/mol. The summed E-state index contributed by atoms with van der Waals surface area (Å²) in [5, 5.41) is 0. The van der Waals surface area contributed by atoms with Gasteiger partial charge in [-0.3, -0.25) is 4.79 Å². The Hall–Kier alpha value is -1.05. The first-order valence-corrected chi connectivity index (χ1v) is 5.61. The molecule has 2 nitrogen and oxygen atoms in total. The minimum Gasteiger partial charge on any atom is -0.310 e. The molecule has 0 spiro atoms. The first-order chi connectivity index (χ1) is 7.75. The lowest BCUT2D eigenvalue weighted by Gasteiger charge is -2.20. The average molecular weight is 355 g/mol. The standard InChI is InChI=1S/C11H9F3INO/c1-7(11(12,13)14)10(17)16(2)9-6-4-3-5-8(9)15/h3-6H,1H2,2H3. The Morgan fingerprint density at radius 3 is 2.35 bits per heavy atom. The molecule has 0 aliphatic rings. The van der Waals surface area contributed by atoms with E-state index in [2.05, 4.69) is 6.58 Å². The highest BCUT2D eigenvalue weighted by atomic mass is 127. The van der Waals surface area contributed by atoms with Crippen LogP contribution >= 0.6 is 22.6 Å². The van der Waals surface area contributed by atoms with E-state index >= 15 is 0 Å². The van der Waals surface area contributed by atoms with E-state index in [0.717, 1.165) is 4.90 Å². The van der Waals surface area contributed by atoms with Gasteiger partial charge in [-0.05, 0) is 34.7 Å². The van der Waals surface area contributed by atoms with Crippen LogP contribution in [0.5, 0.6) is 0 Å². The Labute approximate surface area is 110 Å². The number of carbonyl (C=O) groups is 1. The molecule has 0 radical (unpaired) electrons. The first kappa shape index (κ1) is 14.0. The average Bonchev–Trinajstić information content (AvgIpc) is 2.25. The van der Waals surface area contributed by atoms with E-state index in [1.165, 1.54) is 7.05 Å². The zero-order valence-electron chi connectivity index (χ0n) is 8.88. The quantitative estimate of drug-likeness (QED) is 0.589. The Morgan fingerprint density at radius 2 is 1.88 bits per heavy atom. The van der Waals surface area contributed by atoms with Crippen LogP contribution in [-0.2, 0) is 4.79 Å². The molecule has 1 rings (SSSR count). The summed E-state index contributed by atoms with van der Waals surface area (Å²) in [5.41, 5.74) is -0.955. The van der Waals surface area contributed by atoms with E-state index in [1.54, 1.807) is 24.3 Å². The fourth-order valence-corrected chi connectivity index (χ4v) is 1.91. The number of hydrogen-bond acceptors (Lipinski definition) is 1. The molecule has 17 heavy (non-hydrogen) atoms. The first-order valence-electron chi connectivity index (χ1n) is 4.54. The second-order valence-corrected chi connectivity index (χ2v) is 4.45. The molecule has 1 aromatic rings. The zero-order valence-corrected chi connectivity index (χ0v) is 11.0. The third-order valence-electron chi connectivity index (χ3n) is 2.12. The van der Waals surface area contributed by atoms with Crippen molar-refractivity contribution >= 4 is 34.2 Å². The number of carbonyl (C=O) groups excluding carboxylic acids is 1. The lowest BCUT2D eigenvalue weighted by Crippen LogP contribution is -2.33. The van der Waals surface area contributed by atoms with Crippen molar-refractivity contribution in [1.29, 1.82) is 0 Å². The molecule has 0 fully saturated rings. The third-order valence-corrected chi connectivity index (χ3v) is 3.03. The van der Waals surface area contributed by atoms with Crippen molar-refractivity contribution in [3.63, 3.8) is 0 Å². The van der Waals surface area contributed by atoms with Crippen molar-refractivity contribution in [3.05, 3.63) is 40.0 Å². The number of benzene rings is 1. The normalized spacial score (nSPS) is 11.1.